The Labute approximate surface area is 105 Å². The van der Waals surface area contributed by atoms with E-state index >= 15 is 0 Å². The Morgan fingerprint density at radius 1 is 1.38 bits per heavy atom. The van der Waals surface area contributed by atoms with Gasteiger partial charge in [-0.2, -0.15) is 0 Å². The van der Waals surface area contributed by atoms with E-state index in [1.165, 1.54) is 32.1 Å². The highest BCUT2D eigenvalue weighted by Crippen LogP contribution is 2.35. The highest BCUT2D eigenvalue weighted by Gasteiger charge is 2.26. The van der Waals surface area contributed by atoms with E-state index in [1.807, 2.05) is 18.3 Å². The SMILES string of the molecule is NNC(c1ncccc1Br)C1CCCCC1. The van der Waals surface area contributed by atoms with Gasteiger partial charge in [0.05, 0.1) is 11.7 Å². The molecule has 2 rings (SSSR count). The van der Waals surface area contributed by atoms with Crippen LogP contribution in [0.3, 0.4) is 0 Å². The number of hydrazine groups is 1. The van der Waals surface area contributed by atoms with Crippen LogP contribution in [0.2, 0.25) is 0 Å². The average molecular weight is 284 g/mol. The van der Waals surface area contributed by atoms with E-state index in [1.54, 1.807) is 0 Å². The number of rotatable bonds is 3. The molecule has 3 nitrogen and oxygen atoms in total. The minimum atomic E-state index is 0.177. The van der Waals surface area contributed by atoms with Crippen molar-refractivity contribution in [1.82, 2.24) is 10.4 Å². The lowest BCUT2D eigenvalue weighted by molar-refractivity contribution is 0.269. The van der Waals surface area contributed by atoms with E-state index < -0.39 is 0 Å². The van der Waals surface area contributed by atoms with Crippen molar-refractivity contribution >= 4 is 15.9 Å². The zero-order valence-corrected chi connectivity index (χ0v) is 10.9. The van der Waals surface area contributed by atoms with Gasteiger partial charge in [0, 0.05) is 10.7 Å². The number of nitrogens with two attached hydrogens (primary N) is 1. The number of pyridine rings is 1. The fraction of sp³-hybridized carbons (Fsp3) is 0.583. The lowest BCUT2D eigenvalue weighted by atomic mass is 9.83. The van der Waals surface area contributed by atoms with Gasteiger partial charge in [0.1, 0.15) is 0 Å². The van der Waals surface area contributed by atoms with Crippen LogP contribution in [0.4, 0.5) is 0 Å². The number of hydrogen-bond donors (Lipinski definition) is 2. The van der Waals surface area contributed by atoms with Crippen molar-refractivity contribution in [2.45, 2.75) is 38.1 Å². The van der Waals surface area contributed by atoms with Crippen LogP contribution >= 0.6 is 15.9 Å². The second-order valence-electron chi connectivity index (χ2n) is 4.41. The van der Waals surface area contributed by atoms with Crippen molar-refractivity contribution < 1.29 is 0 Å². The molecule has 0 amide bonds. The first-order valence-electron chi connectivity index (χ1n) is 5.89. The summed E-state index contributed by atoms with van der Waals surface area (Å²) in [6.45, 7) is 0. The molecule has 0 saturated heterocycles. The molecule has 1 unspecified atom stereocenters. The van der Waals surface area contributed by atoms with E-state index in [0.29, 0.717) is 5.92 Å². The Morgan fingerprint density at radius 3 is 2.75 bits per heavy atom. The van der Waals surface area contributed by atoms with Crippen molar-refractivity contribution in [2.24, 2.45) is 11.8 Å². The minimum Gasteiger partial charge on any atom is -0.271 e. The van der Waals surface area contributed by atoms with Gasteiger partial charge in [0.15, 0.2) is 0 Å². The Kier molecular flexibility index (Phi) is 4.32. The molecule has 0 spiro atoms. The summed E-state index contributed by atoms with van der Waals surface area (Å²) in [6.07, 6.45) is 8.31. The molecule has 1 aliphatic carbocycles. The van der Waals surface area contributed by atoms with Gasteiger partial charge in [-0.05, 0) is 46.8 Å². The molecule has 1 heterocycles. The third-order valence-electron chi connectivity index (χ3n) is 3.38. The third-order valence-corrected chi connectivity index (χ3v) is 4.05. The van der Waals surface area contributed by atoms with Gasteiger partial charge in [-0.15, -0.1) is 0 Å². The average Bonchev–Trinajstić information content (AvgIpc) is 2.34. The van der Waals surface area contributed by atoms with Gasteiger partial charge in [0.2, 0.25) is 0 Å². The Bertz CT molecular complexity index is 337. The summed E-state index contributed by atoms with van der Waals surface area (Å²) in [4.78, 5) is 4.44. The summed E-state index contributed by atoms with van der Waals surface area (Å²) < 4.78 is 1.04. The normalized spacial score (nSPS) is 19.6. The minimum absolute atomic E-state index is 0.177. The summed E-state index contributed by atoms with van der Waals surface area (Å²) >= 11 is 3.55. The van der Waals surface area contributed by atoms with Crippen LogP contribution in [0, 0.1) is 5.92 Å². The first-order chi connectivity index (χ1) is 7.83. The third kappa shape index (κ3) is 2.62. The molecule has 1 aromatic heterocycles. The molecule has 4 heteroatoms. The zero-order valence-electron chi connectivity index (χ0n) is 9.32. The lowest BCUT2D eigenvalue weighted by Gasteiger charge is -2.29. The molecule has 0 bridgehead atoms. The summed E-state index contributed by atoms with van der Waals surface area (Å²) in [5.74, 6) is 6.31. The smallest absolute Gasteiger partial charge is 0.0731 e. The fourth-order valence-electron chi connectivity index (χ4n) is 2.53. The molecular formula is C12H18BrN3. The van der Waals surface area contributed by atoms with E-state index in [2.05, 4.69) is 26.3 Å². The van der Waals surface area contributed by atoms with E-state index in [9.17, 15) is 0 Å². The van der Waals surface area contributed by atoms with Crippen molar-refractivity contribution in [2.75, 3.05) is 0 Å². The topological polar surface area (TPSA) is 50.9 Å². The Morgan fingerprint density at radius 2 is 2.12 bits per heavy atom. The van der Waals surface area contributed by atoms with E-state index in [-0.39, 0.29) is 6.04 Å². The lowest BCUT2D eigenvalue weighted by Crippen LogP contribution is -2.35. The van der Waals surface area contributed by atoms with Gasteiger partial charge < -0.3 is 0 Å². The van der Waals surface area contributed by atoms with Gasteiger partial charge in [-0.25, -0.2) is 0 Å². The standard InChI is InChI=1S/C12H18BrN3/c13-10-7-4-8-15-12(10)11(16-14)9-5-2-1-3-6-9/h4,7-9,11,16H,1-3,5-6,14H2. The predicted molar refractivity (Wildman–Crippen MR) is 68.6 cm³/mol. The quantitative estimate of drug-likeness (QED) is 0.663. The molecule has 0 radical (unpaired) electrons. The number of halogens is 1. The summed E-state index contributed by atoms with van der Waals surface area (Å²) in [7, 11) is 0. The van der Waals surface area contributed by atoms with Crippen molar-refractivity contribution in [3.63, 3.8) is 0 Å². The fourth-order valence-corrected chi connectivity index (χ4v) is 3.03. The number of hydrogen-bond acceptors (Lipinski definition) is 3. The van der Waals surface area contributed by atoms with Crippen LogP contribution in [0.15, 0.2) is 22.8 Å². The van der Waals surface area contributed by atoms with Crippen molar-refractivity contribution in [3.8, 4) is 0 Å². The van der Waals surface area contributed by atoms with Crippen LogP contribution < -0.4 is 11.3 Å². The molecule has 1 aliphatic rings. The molecule has 1 aromatic rings. The van der Waals surface area contributed by atoms with E-state index in [4.69, 9.17) is 5.84 Å². The first kappa shape index (κ1) is 12.0. The first-order valence-corrected chi connectivity index (χ1v) is 6.68. The highest BCUT2D eigenvalue weighted by atomic mass is 79.9. The number of aromatic nitrogens is 1. The van der Waals surface area contributed by atoms with Crippen molar-refractivity contribution in [1.29, 1.82) is 0 Å². The van der Waals surface area contributed by atoms with Gasteiger partial charge >= 0.3 is 0 Å². The molecule has 1 atom stereocenters. The van der Waals surface area contributed by atoms with Gasteiger partial charge in [0.25, 0.3) is 0 Å². The molecule has 0 aromatic carbocycles. The Balaban J connectivity index is 2.18. The summed E-state index contributed by atoms with van der Waals surface area (Å²) in [5.41, 5.74) is 3.98. The summed E-state index contributed by atoms with van der Waals surface area (Å²) in [5, 5.41) is 0. The molecule has 16 heavy (non-hydrogen) atoms. The van der Waals surface area contributed by atoms with Crippen LogP contribution in [0.5, 0.6) is 0 Å². The molecule has 3 N–H and O–H groups in total. The van der Waals surface area contributed by atoms with Crippen LogP contribution in [-0.2, 0) is 0 Å². The maximum absolute atomic E-state index is 5.69. The maximum atomic E-state index is 5.69. The van der Waals surface area contributed by atoms with Crippen LogP contribution in [0.1, 0.15) is 43.8 Å². The molecule has 88 valence electrons. The second-order valence-corrected chi connectivity index (χ2v) is 5.27. The van der Waals surface area contributed by atoms with Gasteiger partial charge in [-0.3, -0.25) is 16.3 Å². The molecule has 1 fully saturated rings. The predicted octanol–water partition coefficient (Wildman–Crippen LogP) is 2.93. The molecular weight excluding hydrogens is 266 g/mol. The second kappa shape index (κ2) is 5.75. The Hall–Kier alpha value is -0.450. The number of nitrogens with zero attached hydrogens (tertiary/aromatic N) is 1. The van der Waals surface area contributed by atoms with E-state index in [0.717, 1.165) is 10.2 Å². The largest absolute Gasteiger partial charge is 0.271 e. The van der Waals surface area contributed by atoms with Crippen molar-refractivity contribution in [3.05, 3.63) is 28.5 Å². The molecule has 0 aliphatic heterocycles. The highest BCUT2D eigenvalue weighted by molar-refractivity contribution is 9.10. The molecule has 1 saturated carbocycles. The zero-order chi connectivity index (χ0) is 11.4. The van der Waals surface area contributed by atoms with Crippen LogP contribution in [-0.4, -0.2) is 4.98 Å². The number of nitrogens with one attached hydrogen (secondary N) is 1. The van der Waals surface area contributed by atoms with Crippen LogP contribution in [0.25, 0.3) is 0 Å². The summed E-state index contributed by atoms with van der Waals surface area (Å²) in [6, 6.07) is 4.13. The monoisotopic (exact) mass is 283 g/mol. The van der Waals surface area contributed by atoms with Gasteiger partial charge in [-0.1, -0.05) is 19.3 Å². The maximum Gasteiger partial charge on any atom is 0.0731 e.